The number of hydrogen-bond donors (Lipinski definition) is 0. The van der Waals surface area contributed by atoms with Gasteiger partial charge >= 0.3 is 0 Å². The standard InChI is InChI=1S/C27H28N2O3.CH3.Co/c1-17-8-19(3)26-21(10-17)13-28-15-31-27-20(4)9-18(2)11-22(27)14-29(16-32-26)25-12-23(30-5)6-7-24(25)28;;/h6-14H,15-16H2,1-5H3;1H3;/q+2;-1;/b28-13+,29-14+;;. The quantitative estimate of drug-likeness (QED) is 0.321. The van der Waals surface area contributed by atoms with E-state index < -0.39 is 0 Å². The van der Waals surface area contributed by atoms with Gasteiger partial charge in [-0.05, 0) is 68.1 Å². The molecule has 0 fully saturated rings. The zero-order chi connectivity index (χ0) is 22.4. The fourth-order valence-electron chi connectivity index (χ4n) is 4.62. The van der Waals surface area contributed by atoms with Crippen molar-refractivity contribution in [3.63, 3.8) is 0 Å². The maximum absolute atomic E-state index is 6.44. The molecule has 2 heterocycles. The molecular weight excluding hydrogens is 471 g/mol. The Hall–Kier alpha value is -3.09. The second-order valence-corrected chi connectivity index (χ2v) is 8.60. The molecule has 34 heavy (non-hydrogen) atoms. The number of rotatable bonds is 1. The average molecular weight is 503 g/mol. The van der Waals surface area contributed by atoms with Crippen LogP contribution in [0.25, 0.3) is 0 Å². The van der Waals surface area contributed by atoms with Crippen LogP contribution in [0.1, 0.15) is 33.4 Å². The van der Waals surface area contributed by atoms with Gasteiger partial charge in [0.15, 0.2) is 12.4 Å². The van der Waals surface area contributed by atoms with Gasteiger partial charge < -0.3 is 21.6 Å². The first-order valence-electron chi connectivity index (χ1n) is 10.8. The summed E-state index contributed by atoms with van der Waals surface area (Å²) < 4.78 is 22.7. The number of hydrogen-bond acceptors (Lipinski definition) is 3. The Morgan fingerprint density at radius 3 is 1.71 bits per heavy atom. The summed E-state index contributed by atoms with van der Waals surface area (Å²) in [4.78, 5) is 0. The van der Waals surface area contributed by atoms with Crippen molar-refractivity contribution in [2.75, 3.05) is 20.6 Å². The third-order valence-corrected chi connectivity index (χ3v) is 5.98. The first kappa shape index (κ1) is 25.5. The number of fused-ring (bicyclic) bond motifs is 2. The molecule has 2 bridgehead atoms. The van der Waals surface area contributed by atoms with Crippen LogP contribution >= 0.6 is 0 Å². The molecular formula is C28H31CoN2O3+. The maximum atomic E-state index is 6.44. The topological polar surface area (TPSA) is 33.7 Å². The molecule has 2 aliphatic rings. The number of aryl methyl sites for hydroxylation is 4. The van der Waals surface area contributed by atoms with Crippen LogP contribution in [0, 0.1) is 35.1 Å². The van der Waals surface area contributed by atoms with E-state index in [1.54, 1.807) is 7.11 Å². The molecule has 0 amide bonds. The van der Waals surface area contributed by atoms with Crippen molar-refractivity contribution in [3.8, 4) is 17.2 Å². The second-order valence-electron chi connectivity index (χ2n) is 8.60. The van der Waals surface area contributed by atoms with Crippen LogP contribution in [-0.4, -0.2) is 42.2 Å². The van der Waals surface area contributed by atoms with E-state index in [2.05, 4.69) is 85.7 Å². The van der Waals surface area contributed by atoms with Crippen molar-refractivity contribution in [2.45, 2.75) is 27.7 Å². The number of benzene rings is 3. The summed E-state index contributed by atoms with van der Waals surface area (Å²) >= 11 is 0. The van der Waals surface area contributed by atoms with Crippen LogP contribution in [0.5, 0.6) is 17.2 Å². The maximum Gasteiger partial charge on any atom is 0.292 e. The van der Waals surface area contributed by atoms with Gasteiger partial charge in [-0.1, -0.05) is 12.1 Å². The fraction of sp³-hybridized carbons (Fsp3) is 0.250. The zero-order valence-corrected chi connectivity index (χ0v) is 21.6. The van der Waals surface area contributed by atoms with E-state index in [4.69, 9.17) is 14.2 Å². The van der Waals surface area contributed by atoms with Gasteiger partial charge in [-0.3, -0.25) is 0 Å². The van der Waals surface area contributed by atoms with Crippen molar-refractivity contribution < 1.29 is 40.1 Å². The van der Waals surface area contributed by atoms with Gasteiger partial charge in [-0.25, -0.2) is 0 Å². The molecule has 0 aliphatic carbocycles. The second kappa shape index (κ2) is 10.0. The minimum atomic E-state index is 0. The first-order chi connectivity index (χ1) is 15.4. The van der Waals surface area contributed by atoms with E-state index >= 15 is 0 Å². The van der Waals surface area contributed by atoms with Crippen molar-refractivity contribution in [1.82, 2.24) is 0 Å². The summed E-state index contributed by atoms with van der Waals surface area (Å²) in [6, 6.07) is 14.7. The van der Waals surface area contributed by atoms with Gasteiger partial charge in [-0.2, -0.15) is 9.15 Å². The molecule has 5 nitrogen and oxygen atoms in total. The summed E-state index contributed by atoms with van der Waals surface area (Å²) in [5.74, 6) is 2.58. The van der Waals surface area contributed by atoms with Gasteiger partial charge in [0.25, 0.3) is 24.8 Å². The Morgan fingerprint density at radius 2 is 1.21 bits per heavy atom. The van der Waals surface area contributed by atoms with Gasteiger partial charge in [-0.15, -0.1) is 0 Å². The molecule has 0 unspecified atom stereocenters. The predicted octanol–water partition coefficient (Wildman–Crippen LogP) is 5.60. The largest absolute Gasteiger partial charge is 0.496 e. The number of methoxy groups -OCH3 is 1. The molecule has 0 spiro atoms. The number of nitrogens with zero attached hydrogens (tertiary/aromatic N) is 2. The van der Waals surface area contributed by atoms with Crippen LogP contribution < -0.4 is 14.2 Å². The Balaban J connectivity index is 0.00000162. The predicted molar refractivity (Wildman–Crippen MR) is 132 cm³/mol. The normalized spacial score (nSPS) is 16.6. The summed E-state index contributed by atoms with van der Waals surface area (Å²) in [5, 5.41) is 0. The molecule has 0 aromatic heterocycles. The third kappa shape index (κ3) is 4.61. The van der Waals surface area contributed by atoms with Crippen molar-refractivity contribution in [2.24, 2.45) is 0 Å². The third-order valence-electron chi connectivity index (χ3n) is 5.98. The molecule has 6 heteroatoms. The van der Waals surface area contributed by atoms with Crippen molar-refractivity contribution >= 4 is 23.8 Å². The van der Waals surface area contributed by atoms with Crippen LogP contribution in [0.4, 0.5) is 11.4 Å². The summed E-state index contributed by atoms with van der Waals surface area (Å²) in [5.41, 5.74) is 8.72. The molecule has 1 radical (unpaired) electrons. The van der Waals surface area contributed by atoms with E-state index in [0.717, 1.165) is 50.9 Å². The monoisotopic (exact) mass is 502 g/mol. The minimum absolute atomic E-state index is 0. The molecule has 0 atom stereocenters. The van der Waals surface area contributed by atoms with E-state index in [-0.39, 0.29) is 24.2 Å². The molecule has 3 aromatic carbocycles. The van der Waals surface area contributed by atoms with Crippen LogP contribution in [0.15, 0.2) is 42.5 Å². The first-order valence-corrected chi connectivity index (χ1v) is 10.8. The average Bonchev–Trinajstić information content (AvgIpc) is 2.84. The van der Waals surface area contributed by atoms with Gasteiger partial charge in [0.05, 0.1) is 24.3 Å². The summed E-state index contributed by atoms with van der Waals surface area (Å²) in [6.45, 7) is 9.15. The van der Waals surface area contributed by atoms with Crippen LogP contribution in [-0.2, 0) is 16.8 Å². The Labute approximate surface area is 212 Å². The molecule has 179 valence electrons. The fourth-order valence-corrected chi connectivity index (χ4v) is 4.62. The smallest absolute Gasteiger partial charge is 0.292 e. The Bertz CT molecular complexity index is 1310. The molecule has 5 rings (SSSR count). The van der Waals surface area contributed by atoms with Crippen LogP contribution in [0.3, 0.4) is 0 Å². The van der Waals surface area contributed by atoms with Gasteiger partial charge in [0.1, 0.15) is 17.2 Å². The molecule has 2 aliphatic heterocycles. The zero-order valence-electron chi connectivity index (χ0n) is 20.6. The van der Waals surface area contributed by atoms with Gasteiger partial charge in [0.2, 0.25) is 0 Å². The Morgan fingerprint density at radius 1 is 0.706 bits per heavy atom. The molecule has 0 saturated heterocycles. The summed E-state index contributed by atoms with van der Waals surface area (Å²) in [6.07, 6.45) is 4.24. The number of ether oxygens (including phenoxy) is 3. The molecule has 0 N–H and O–H groups in total. The van der Waals surface area contributed by atoms with E-state index in [9.17, 15) is 0 Å². The van der Waals surface area contributed by atoms with E-state index in [1.165, 1.54) is 11.1 Å². The molecule has 0 saturated carbocycles. The van der Waals surface area contributed by atoms with E-state index in [0.29, 0.717) is 13.5 Å². The SMILES string of the molecule is COc1ccc2c(c1)/[N+]1=C/c3cc(C)cc(C)c3OC/[N+]2=C\c2cc(C)cc(C)c2OC1.[CH3-].[Co]. The van der Waals surface area contributed by atoms with Crippen LogP contribution in [0.2, 0.25) is 0 Å². The van der Waals surface area contributed by atoms with Gasteiger partial charge in [0, 0.05) is 22.8 Å². The Kier molecular flexibility index (Phi) is 7.53. The minimum Gasteiger partial charge on any atom is -0.496 e. The molecule has 3 aromatic rings. The van der Waals surface area contributed by atoms with Crippen molar-refractivity contribution in [1.29, 1.82) is 0 Å². The van der Waals surface area contributed by atoms with Crippen molar-refractivity contribution in [3.05, 3.63) is 83.3 Å². The summed E-state index contributed by atoms with van der Waals surface area (Å²) in [7, 11) is 1.69. The van der Waals surface area contributed by atoms with E-state index in [1.807, 2.05) is 6.07 Å².